The average Bonchev–Trinajstić information content (AvgIpc) is 2.97. The predicted octanol–water partition coefficient (Wildman–Crippen LogP) is 13.5. The maximum absolute atomic E-state index is 11.2. The van der Waals surface area contributed by atoms with Crippen LogP contribution in [-0.2, 0) is 28.8 Å². The van der Waals surface area contributed by atoms with Gasteiger partial charge in [0.15, 0.2) is 5.78 Å². The highest BCUT2D eigenvalue weighted by Gasteiger charge is 2.37. The maximum Gasteiger partial charge on any atom is 0.152 e. The van der Waals surface area contributed by atoms with Crippen molar-refractivity contribution in [2.45, 2.75) is 245 Å². The van der Waals surface area contributed by atoms with Crippen LogP contribution >= 0.6 is 0 Å². The van der Waals surface area contributed by atoms with E-state index >= 15 is 0 Å². The third kappa shape index (κ3) is 42.3. The first-order valence-corrected chi connectivity index (χ1v) is 19.5. The molecule has 0 spiro atoms. The van der Waals surface area contributed by atoms with E-state index in [1.165, 1.54) is 0 Å². The summed E-state index contributed by atoms with van der Waals surface area (Å²) in [4.78, 5) is 64.1. The summed E-state index contributed by atoms with van der Waals surface area (Å²) >= 11 is 0. The zero-order valence-electron chi connectivity index (χ0n) is 36.7. The van der Waals surface area contributed by atoms with Crippen molar-refractivity contribution >= 4 is 46.1 Å². The van der Waals surface area contributed by atoms with Gasteiger partial charge in [0.25, 0.3) is 0 Å². The molecule has 382 valence electrons. The molecular weight excluding hydrogens is 797 g/mol. The summed E-state index contributed by atoms with van der Waals surface area (Å²) in [5.74, 6) is 0.438. The molecule has 0 aromatic carbocycles. The molecule has 0 radical (unpaired) electrons. The maximum atomic E-state index is 11.2. The van der Waals surface area contributed by atoms with E-state index in [2.05, 4.69) is 38.0 Å². The van der Waals surface area contributed by atoms with Crippen LogP contribution in [-0.4, -0.2) is 68.6 Å². The van der Waals surface area contributed by atoms with Crippen molar-refractivity contribution in [1.29, 1.82) is 0 Å². The molecule has 12 heteroatoms. The fourth-order valence-corrected chi connectivity index (χ4v) is 7.10. The van der Waals surface area contributed by atoms with Crippen molar-refractivity contribution in [3.8, 4) is 0 Å². The topological polar surface area (TPSA) is 220 Å². The minimum Gasteiger partial charge on any atom is -0.411 e. The summed E-state index contributed by atoms with van der Waals surface area (Å²) in [5, 5.41) is 23.5. The number of allylic oxidation sites excluding steroid dienone is 2. The minimum absolute atomic E-state index is 0. The Morgan fingerprint density at radius 3 is 1.13 bits per heavy atom. The number of rotatable bonds is 2. The SMILES string of the molecule is C.C.C.C.C.C.C.C.CC(=O)C=C(C)C.CC1(C)C/C(=N\O)C/C(=N/O)C1.CC1(C)CC(=O)CC(=O)C1.CC1(C)CC(N)CC(N)C1.CC1C(=O)CC(C)(C)CC1=O.CCC(C)=O.[HH]. The molecule has 12 nitrogen and oxygen atoms in total. The Morgan fingerprint density at radius 2 is 0.905 bits per heavy atom. The second-order valence-electron chi connectivity index (χ2n) is 19.2. The van der Waals surface area contributed by atoms with E-state index in [0.29, 0.717) is 67.4 Å². The van der Waals surface area contributed by atoms with Crippen molar-refractivity contribution in [1.82, 2.24) is 0 Å². The Kier molecular flexibility index (Phi) is 50.1. The van der Waals surface area contributed by atoms with Gasteiger partial charge in [-0.1, -0.05) is 138 Å². The fourth-order valence-electron chi connectivity index (χ4n) is 7.10. The lowest BCUT2D eigenvalue weighted by molar-refractivity contribution is -0.139. The summed E-state index contributed by atoms with van der Waals surface area (Å²) in [6.07, 6.45) is 9.98. The van der Waals surface area contributed by atoms with E-state index in [4.69, 9.17) is 21.9 Å². The molecule has 0 aromatic heterocycles. The number of carbonyl (C=O) groups excluding carboxylic acids is 6. The lowest BCUT2D eigenvalue weighted by Crippen LogP contribution is -2.43. The molecule has 4 saturated carbocycles. The molecule has 4 aliphatic carbocycles. The Bertz CT molecular complexity index is 1340. The number of Topliss-reactive ketones (excluding diaryl/α,β-unsaturated/α-hetero) is 5. The molecule has 0 saturated heterocycles. The predicted molar refractivity (Wildman–Crippen MR) is 277 cm³/mol. The third-order valence-corrected chi connectivity index (χ3v) is 9.30. The van der Waals surface area contributed by atoms with E-state index in [-0.39, 0.29) is 124 Å². The van der Waals surface area contributed by atoms with Gasteiger partial charge in [-0.2, -0.15) is 0 Å². The second-order valence-corrected chi connectivity index (χ2v) is 19.2. The van der Waals surface area contributed by atoms with Crippen LogP contribution in [0.2, 0.25) is 0 Å². The van der Waals surface area contributed by atoms with Gasteiger partial charge in [0.05, 0.1) is 23.8 Å². The second kappa shape index (κ2) is 37.9. The standard InChI is InChI=1S/C9H14O2.C8H14N2O2.C8H18N2.C8H12O2.C6H10O.C4H8O.8CH4.H2/c1-6-7(10)4-9(2,3)5-8(6)11;1-8(2)4-6(9-11)3-7(5-8)10-12;2*1-8(2)4-6(9)3-7(10)5-8;1-5(2)4-6(3)7;1-3-4(2)5;;;;;;;;;/h6H,4-5H2,1-3H3;11-12H,3-5H2,1-2H3;6-7H,3-5,9-10H2,1-2H3;3-5H2,1-2H3;4H,1-3H3;3H2,1-2H3;8*1H4;1H/b;9-6-,10-7-;;;;;;;;;;;;;. The van der Waals surface area contributed by atoms with Crippen LogP contribution in [0.5, 0.6) is 0 Å². The van der Waals surface area contributed by atoms with E-state index in [1.54, 1.807) is 26.8 Å². The van der Waals surface area contributed by atoms with Gasteiger partial charge in [-0.05, 0) is 94.5 Å². The van der Waals surface area contributed by atoms with Gasteiger partial charge < -0.3 is 26.7 Å². The van der Waals surface area contributed by atoms with Gasteiger partial charge in [0.1, 0.15) is 28.9 Å². The van der Waals surface area contributed by atoms with E-state index in [0.717, 1.165) is 37.7 Å². The highest BCUT2D eigenvalue weighted by atomic mass is 16.4. The van der Waals surface area contributed by atoms with E-state index in [1.807, 2.05) is 48.5 Å². The first-order valence-electron chi connectivity index (χ1n) is 19.5. The van der Waals surface area contributed by atoms with Crippen LogP contribution in [0.4, 0.5) is 0 Å². The molecule has 4 rings (SSSR count). The lowest BCUT2D eigenvalue weighted by Gasteiger charge is -2.37. The van der Waals surface area contributed by atoms with E-state index in [9.17, 15) is 28.8 Å². The van der Waals surface area contributed by atoms with Crippen molar-refractivity contribution in [3.63, 3.8) is 0 Å². The number of hydrogen-bond donors (Lipinski definition) is 4. The lowest BCUT2D eigenvalue weighted by atomic mass is 9.72. The van der Waals surface area contributed by atoms with Crippen molar-refractivity contribution in [3.05, 3.63) is 11.6 Å². The molecule has 63 heavy (non-hydrogen) atoms. The molecule has 2 unspecified atom stereocenters. The summed E-state index contributed by atoms with van der Waals surface area (Å²) in [6.45, 7) is 27.0. The Morgan fingerprint density at radius 1 is 0.603 bits per heavy atom. The highest BCUT2D eigenvalue weighted by molar-refractivity contribution is 6.07. The average molecular weight is 907 g/mol. The molecule has 4 fully saturated rings. The zero-order valence-corrected chi connectivity index (χ0v) is 36.7. The van der Waals surface area contributed by atoms with Gasteiger partial charge in [0.2, 0.25) is 0 Å². The number of oxime groups is 2. The summed E-state index contributed by atoms with van der Waals surface area (Å²) in [6, 6.07) is 0.664. The summed E-state index contributed by atoms with van der Waals surface area (Å²) in [5.41, 5.74) is 14.3. The van der Waals surface area contributed by atoms with Crippen LogP contribution in [0.15, 0.2) is 22.0 Å². The molecule has 0 aliphatic heterocycles. The minimum atomic E-state index is -0.344. The molecule has 0 amide bonds. The smallest absolute Gasteiger partial charge is 0.152 e. The number of ketones is 6. The largest absolute Gasteiger partial charge is 0.411 e. The first-order chi connectivity index (χ1) is 24.9. The molecule has 0 heterocycles. The van der Waals surface area contributed by atoms with Crippen molar-refractivity contribution in [2.75, 3.05) is 0 Å². The van der Waals surface area contributed by atoms with Crippen molar-refractivity contribution < 1.29 is 40.6 Å². The fraction of sp³-hybridized carbons (Fsp3) is 0.804. The normalized spacial score (nSPS) is 21.8. The molecular formula is C51H110N4O8. The summed E-state index contributed by atoms with van der Waals surface area (Å²) < 4.78 is 0. The van der Waals surface area contributed by atoms with Crippen LogP contribution < -0.4 is 11.5 Å². The van der Waals surface area contributed by atoms with Gasteiger partial charge in [-0.3, -0.25) is 24.0 Å². The van der Waals surface area contributed by atoms with Crippen LogP contribution in [0, 0.1) is 27.6 Å². The summed E-state index contributed by atoms with van der Waals surface area (Å²) in [7, 11) is 0. The van der Waals surface area contributed by atoms with Gasteiger partial charge in [0, 0.05) is 52.0 Å². The van der Waals surface area contributed by atoms with Crippen LogP contribution in [0.1, 0.15) is 235 Å². The Hall–Kier alpha value is -3.38. The van der Waals surface area contributed by atoms with Crippen molar-refractivity contribution in [2.24, 2.45) is 49.4 Å². The monoisotopic (exact) mass is 907 g/mol. The number of hydrogen-bond acceptors (Lipinski definition) is 12. The van der Waals surface area contributed by atoms with Crippen LogP contribution in [0.3, 0.4) is 0 Å². The third-order valence-electron chi connectivity index (χ3n) is 9.30. The molecule has 0 aromatic rings. The Labute approximate surface area is 392 Å². The van der Waals surface area contributed by atoms with Crippen LogP contribution in [0.25, 0.3) is 0 Å². The van der Waals surface area contributed by atoms with Gasteiger partial charge in [-0.15, -0.1) is 0 Å². The van der Waals surface area contributed by atoms with Gasteiger partial charge >= 0.3 is 0 Å². The number of nitrogens with two attached hydrogens (primary N) is 2. The van der Waals surface area contributed by atoms with Gasteiger partial charge in [-0.25, -0.2) is 0 Å². The number of carbonyl (C=O) groups is 6. The quantitative estimate of drug-likeness (QED) is 0.0888. The molecule has 0 bridgehead atoms. The van der Waals surface area contributed by atoms with E-state index < -0.39 is 0 Å². The molecule has 2 atom stereocenters. The molecule has 4 aliphatic rings. The first kappa shape index (κ1) is 83.2. The highest BCUT2D eigenvalue weighted by Crippen LogP contribution is 2.35. The molecule has 6 N–H and O–H groups in total. The number of nitrogens with zero attached hydrogens (tertiary/aromatic N) is 2. The zero-order chi connectivity index (χ0) is 43.5. The Balaban J connectivity index is -0.0000000578.